The van der Waals surface area contributed by atoms with Crippen molar-refractivity contribution >= 4 is 11.1 Å². The molecule has 1 fully saturated rings. The van der Waals surface area contributed by atoms with Crippen molar-refractivity contribution < 1.29 is 0 Å². The molecule has 0 saturated heterocycles. The lowest BCUT2D eigenvalue weighted by atomic mass is 9.88. The van der Waals surface area contributed by atoms with Crippen LogP contribution >= 0.6 is 0 Å². The van der Waals surface area contributed by atoms with E-state index in [0.29, 0.717) is 0 Å². The summed E-state index contributed by atoms with van der Waals surface area (Å²) in [6.07, 6.45) is 17.1. The third-order valence-electron chi connectivity index (χ3n) is 6.63. The van der Waals surface area contributed by atoms with Crippen molar-refractivity contribution in [2.45, 2.75) is 38.6 Å². The van der Waals surface area contributed by atoms with E-state index in [1.807, 2.05) is 23.1 Å². The Morgan fingerprint density at radius 3 is 2.59 bits per heavy atom. The summed E-state index contributed by atoms with van der Waals surface area (Å²) in [5.41, 5.74) is 7.73. The first-order valence-electron chi connectivity index (χ1n) is 11.3. The van der Waals surface area contributed by atoms with Crippen molar-refractivity contribution in [3.8, 4) is 28.3 Å². The molecule has 6 heteroatoms. The first kappa shape index (κ1) is 19.0. The molecular weight excluding hydrogens is 396 g/mol. The number of nitriles is 1. The Morgan fingerprint density at radius 2 is 1.84 bits per heavy atom. The van der Waals surface area contributed by atoms with Gasteiger partial charge in [-0.15, -0.1) is 0 Å². The van der Waals surface area contributed by atoms with Crippen molar-refractivity contribution in [3.63, 3.8) is 0 Å². The summed E-state index contributed by atoms with van der Waals surface area (Å²) >= 11 is 0. The Hall–Kier alpha value is -3.72. The van der Waals surface area contributed by atoms with E-state index < -0.39 is 0 Å². The highest BCUT2D eigenvalue weighted by Crippen LogP contribution is 2.35. The molecule has 3 heterocycles. The van der Waals surface area contributed by atoms with E-state index in [4.69, 9.17) is 4.98 Å². The fourth-order valence-electron chi connectivity index (χ4n) is 4.58. The van der Waals surface area contributed by atoms with E-state index in [1.54, 1.807) is 6.20 Å². The standard InChI is InChI=1S/C26H24N6/c27-13-18-3-5-22(6-4-18)25-26-24(15-30-32(26)12-11-28-25)21-9-7-20(8-10-21)23-14-29-31(17-23)16-19-1-2-19/h5,7-12,14-15,17-19H,1-4,6,16H2. The summed E-state index contributed by atoms with van der Waals surface area (Å²) in [6.45, 7) is 1.03. The highest BCUT2D eigenvalue weighted by molar-refractivity contribution is 5.89. The summed E-state index contributed by atoms with van der Waals surface area (Å²) in [5.74, 6) is 0.928. The van der Waals surface area contributed by atoms with Crippen LogP contribution in [0.1, 0.15) is 37.8 Å². The fraction of sp³-hybridized carbons (Fsp3) is 0.308. The van der Waals surface area contributed by atoms with E-state index in [2.05, 4.69) is 57.5 Å². The molecule has 0 bridgehead atoms. The Morgan fingerprint density at radius 1 is 1.00 bits per heavy atom. The van der Waals surface area contributed by atoms with Crippen LogP contribution in [0.25, 0.3) is 33.3 Å². The predicted octanol–water partition coefficient (Wildman–Crippen LogP) is 5.38. The van der Waals surface area contributed by atoms with Gasteiger partial charge in [0.15, 0.2) is 0 Å². The molecule has 4 aromatic rings. The van der Waals surface area contributed by atoms with Gasteiger partial charge in [-0.3, -0.25) is 9.67 Å². The van der Waals surface area contributed by atoms with Crippen LogP contribution in [0.15, 0.2) is 61.3 Å². The molecule has 0 spiro atoms. The van der Waals surface area contributed by atoms with Gasteiger partial charge in [-0.2, -0.15) is 15.5 Å². The molecule has 1 unspecified atom stereocenters. The molecule has 1 atom stereocenters. The van der Waals surface area contributed by atoms with Crippen molar-refractivity contribution in [3.05, 3.63) is 67.0 Å². The van der Waals surface area contributed by atoms with Crippen LogP contribution in [-0.4, -0.2) is 24.4 Å². The van der Waals surface area contributed by atoms with E-state index in [1.165, 1.54) is 24.0 Å². The van der Waals surface area contributed by atoms with Crippen LogP contribution in [0.2, 0.25) is 0 Å². The lowest BCUT2D eigenvalue weighted by Crippen LogP contribution is -2.05. The average molecular weight is 421 g/mol. The second-order valence-electron chi connectivity index (χ2n) is 8.93. The lowest BCUT2D eigenvalue weighted by Gasteiger charge is -2.17. The minimum absolute atomic E-state index is 0.115. The van der Waals surface area contributed by atoms with E-state index in [0.717, 1.165) is 59.6 Å². The third kappa shape index (κ3) is 3.50. The molecule has 2 aliphatic carbocycles. The maximum atomic E-state index is 9.21. The van der Waals surface area contributed by atoms with Gasteiger partial charge in [-0.05, 0) is 54.7 Å². The molecule has 32 heavy (non-hydrogen) atoms. The second-order valence-corrected chi connectivity index (χ2v) is 8.93. The smallest absolute Gasteiger partial charge is 0.0999 e. The zero-order valence-corrected chi connectivity index (χ0v) is 17.9. The van der Waals surface area contributed by atoms with Gasteiger partial charge < -0.3 is 0 Å². The van der Waals surface area contributed by atoms with E-state index in [9.17, 15) is 5.26 Å². The first-order chi connectivity index (χ1) is 15.8. The van der Waals surface area contributed by atoms with Crippen LogP contribution in [0.5, 0.6) is 0 Å². The average Bonchev–Trinajstić information content (AvgIpc) is 3.35. The molecule has 6 nitrogen and oxygen atoms in total. The van der Waals surface area contributed by atoms with Crippen molar-refractivity contribution in [1.29, 1.82) is 5.26 Å². The van der Waals surface area contributed by atoms with Crippen molar-refractivity contribution in [1.82, 2.24) is 24.4 Å². The number of allylic oxidation sites excluding steroid dienone is 2. The molecule has 3 aromatic heterocycles. The van der Waals surface area contributed by atoms with Gasteiger partial charge in [-0.1, -0.05) is 30.3 Å². The van der Waals surface area contributed by atoms with Gasteiger partial charge in [0.25, 0.3) is 0 Å². The number of benzene rings is 1. The molecule has 0 amide bonds. The normalized spacial score (nSPS) is 18.5. The quantitative estimate of drug-likeness (QED) is 0.435. The zero-order valence-electron chi connectivity index (χ0n) is 17.9. The minimum atomic E-state index is 0.115. The number of fused-ring (bicyclic) bond motifs is 1. The number of hydrogen-bond acceptors (Lipinski definition) is 4. The Bertz CT molecular complexity index is 1350. The molecule has 1 saturated carbocycles. The number of rotatable bonds is 5. The molecule has 0 radical (unpaired) electrons. The maximum Gasteiger partial charge on any atom is 0.0999 e. The van der Waals surface area contributed by atoms with Crippen molar-refractivity contribution in [2.24, 2.45) is 11.8 Å². The van der Waals surface area contributed by atoms with Crippen LogP contribution in [0, 0.1) is 23.2 Å². The fourth-order valence-corrected chi connectivity index (χ4v) is 4.58. The molecule has 0 aliphatic heterocycles. The molecule has 6 rings (SSSR count). The summed E-state index contributed by atoms with van der Waals surface area (Å²) in [5, 5.41) is 18.3. The summed E-state index contributed by atoms with van der Waals surface area (Å²) in [6, 6.07) is 11.0. The highest BCUT2D eigenvalue weighted by Gasteiger charge is 2.22. The van der Waals surface area contributed by atoms with Gasteiger partial charge in [0.05, 0.1) is 35.6 Å². The topological polar surface area (TPSA) is 71.8 Å². The number of aromatic nitrogens is 5. The number of nitrogens with zero attached hydrogens (tertiary/aromatic N) is 6. The predicted molar refractivity (Wildman–Crippen MR) is 123 cm³/mol. The molecule has 1 aromatic carbocycles. The maximum absolute atomic E-state index is 9.21. The minimum Gasteiger partial charge on any atom is -0.272 e. The number of hydrogen-bond donors (Lipinski definition) is 0. The lowest BCUT2D eigenvalue weighted by molar-refractivity contribution is 0.563. The van der Waals surface area contributed by atoms with Gasteiger partial charge in [0.1, 0.15) is 0 Å². The molecule has 158 valence electrons. The van der Waals surface area contributed by atoms with Gasteiger partial charge in [0.2, 0.25) is 0 Å². The van der Waals surface area contributed by atoms with E-state index in [-0.39, 0.29) is 5.92 Å². The van der Waals surface area contributed by atoms with Crippen LogP contribution in [0.3, 0.4) is 0 Å². The van der Waals surface area contributed by atoms with Crippen LogP contribution in [-0.2, 0) is 6.54 Å². The largest absolute Gasteiger partial charge is 0.272 e. The van der Waals surface area contributed by atoms with Gasteiger partial charge >= 0.3 is 0 Å². The summed E-state index contributed by atoms with van der Waals surface area (Å²) < 4.78 is 3.98. The monoisotopic (exact) mass is 420 g/mol. The summed E-state index contributed by atoms with van der Waals surface area (Å²) in [4.78, 5) is 4.71. The SMILES string of the molecule is N#CC1CC=C(c2nccn3ncc(-c4ccc(-c5cnn(CC6CC6)c5)cc4)c23)CC1. The molecule has 2 aliphatic rings. The van der Waals surface area contributed by atoms with Crippen LogP contribution in [0.4, 0.5) is 0 Å². The second kappa shape index (κ2) is 7.76. The Balaban J connectivity index is 1.33. The zero-order chi connectivity index (χ0) is 21.5. The van der Waals surface area contributed by atoms with Crippen LogP contribution < -0.4 is 0 Å². The molecular formula is C26H24N6. The van der Waals surface area contributed by atoms with Gasteiger partial charge in [-0.25, -0.2) is 4.52 Å². The van der Waals surface area contributed by atoms with Crippen molar-refractivity contribution in [2.75, 3.05) is 0 Å². The van der Waals surface area contributed by atoms with E-state index >= 15 is 0 Å². The summed E-state index contributed by atoms with van der Waals surface area (Å²) in [7, 11) is 0. The Labute approximate surface area is 186 Å². The molecule has 0 N–H and O–H groups in total. The highest BCUT2D eigenvalue weighted by atomic mass is 15.3. The Kier molecular flexibility index (Phi) is 4.61. The third-order valence-corrected chi connectivity index (χ3v) is 6.63. The van der Waals surface area contributed by atoms with Gasteiger partial charge in [0, 0.05) is 36.3 Å². The first-order valence-corrected chi connectivity index (χ1v) is 11.3.